The summed E-state index contributed by atoms with van der Waals surface area (Å²) >= 11 is 6.20. The maximum absolute atomic E-state index is 9.29. The minimum absolute atomic E-state index is 0.0753. The van der Waals surface area contributed by atoms with Gasteiger partial charge in [0.25, 0.3) is 0 Å². The summed E-state index contributed by atoms with van der Waals surface area (Å²) in [6.45, 7) is 7.29. The second kappa shape index (κ2) is 4.82. The van der Waals surface area contributed by atoms with E-state index in [0.717, 1.165) is 35.7 Å². The number of hydrogen-bond donors (Lipinski definition) is 0. The minimum Gasteiger partial charge on any atom is -0.365 e. The molecular formula is C15H19ClN2. The van der Waals surface area contributed by atoms with Crippen molar-refractivity contribution in [3.8, 4) is 6.07 Å². The number of hydrogen-bond acceptors (Lipinski definition) is 2. The Morgan fingerprint density at radius 3 is 2.78 bits per heavy atom. The molecule has 0 aliphatic carbocycles. The average Bonchev–Trinajstić information content (AvgIpc) is 2.32. The van der Waals surface area contributed by atoms with Crippen LogP contribution in [0.1, 0.15) is 32.3 Å². The molecule has 1 aromatic rings. The molecule has 1 aliphatic rings. The Bertz CT molecular complexity index is 488. The van der Waals surface area contributed by atoms with E-state index in [1.165, 1.54) is 0 Å². The first-order valence-corrected chi connectivity index (χ1v) is 6.78. The molecule has 1 heterocycles. The Kier molecular flexibility index (Phi) is 3.54. The first-order chi connectivity index (χ1) is 8.46. The summed E-state index contributed by atoms with van der Waals surface area (Å²) in [5.41, 5.74) is 2.08. The normalized spacial score (nSPS) is 22.6. The van der Waals surface area contributed by atoms with E-state index in [2.05, 4.69) is 30.9 Å². The van der Waals surface area contributed by atoms with Crippen molar-refractivity contribution in [1.29, 1.82) is 5.26 Å². The predicted molar refractivity (Wildman–Crippen MR) is 76.0 cm³/mol. The van der Waals surface area contributed by atoms with Crippen molar-refractivity contribution in [3.63, 3.8) is 0 Å². The Morgan fingerprint density at radius 1 is 1.44 bits per heavy atom. The first-order valence-electron chi connectivity index (χ1n) is 6.40. The van der Waals surface area contributed by atoms with Crippen molar-refractivity contribution in [1.82, 2.24) is 0 Å². The zero-order valence-electron chi connectivity index (χ0n) is 11.2. The molecule has 1 aromatic carbocycles. The van der Waals surface area contributed by atoms with E-state index in [1.54, 1.807) is 0 Å². The second-order valence-electron chi connectivity index (χ2n) is 5.56. The summed E-state index contributed by atoms with van der Waals surface area (Å²) in [6.07, 6.45) is 2.05. The van der Waals surface area contributed by atoms with Gasteiger partial charge in [-0.2, -0.15) is 5.26 Å². The lowest BCUT2D eigenvalue weighted by Crippen LogP contribution is -2.53. The summed E-state index contributed by atoms with van der Waals surface area (Å²) in [5.74, 6) is 0.0753. The molecule has 3 heteroatoms. The zero-order valence-corrected chi connectivity index (χ0v) is 12.0. The maximum atomic E-state index is 9.29. The van der Waals surface area contributed by atoms with Crippen LogP contribution in [0.4, 0.5) is 5.69 Å². The SMILES string of the molecule is Cc1ccc(N2CCCC(C#N)C2(C)C)cc1Cl. The van der Waals surface area contributed by atoms with Crippen molar-refractivity contribution >= 4 is 17.3 Å². The van der Waals surface area contributed by atoms with Crippen molar-refractivity contribution in [2.75, 3.05) is 11.4 Å². The van der Waals surface area contributed by atoms with Crippen LogP contribution in [0.25, 0.3) is 0 Å². The number of aryl methyl sites for hydroxylation is 1. The number of nitriles is 1. The van der Waals surface area contributed by atoms with Crippen LogP contribution in [0, 0.1) is 24.2 Å². The topological polar surface area (TPSA) is 27.0 Å². The van der Waals surface area contributed by atoms with Gasteiger partial charge in [0.1, 0.15) is 0 Å². The van der Waals surface area contributed by atoms with Gasteiger partial charge in [-0.1, -0.05) is 17.7 Å². The van der Waals surface area contributed by atoms with E-state index in [-0.39, 0.29) is 11.5 Å². The summed E-state index contributed by atoms with van der Waals surface area (Å²) < 4.78 is 0. The van der Waals surface area contributed by atoms with E-state index in [0.29, 0.717) is 0 Å². The van der Waals surface area contributed by atoms with E-state index < -0.39 is 0 Å². The van der Waals surface area contributed by atoms with Gasteiger partial charge in [0.2, 0.25) is 0 Å². The van der Waals surface area contributed by atoms with Crippen LogP contribution in [0.3, 0.4) is 0 Å². The van der Waals surface area contributed by atoms with Gasteiger partial charge in [0.05, 0.1) is 17.5 Å². The summed E-state index contributed by atoms with van der Waals surface area (Å²) in [7, 11) is 0. The molecule has 1 atom stereocenters. The van der Waals surface area contributed by atoms with Crippen LogP contribution in [0.2, 0.25) is 5.02 Å². The highest BCUT2D eigenvalue weighted by atomic mass is 35.5. The van der Waals surface area contributed by atoms with Gasteiger partial charge in [-0.05, 0) is 51.3 Å². The Hall–Kier alpha value is -1.20. The van der Waals surface area contributed by atoms with Gasteiger partial charge < -0.3 is 4.90 Å². The molecule has 0 N–H and O–H groups in total. The third-order valence-electron chi connectivity index (χ3n) is 4.05. The summed E-state index contributed by atoms with van der Waals surface area (Å²) in [6, 6.07) is 8.60. The highest BCUT2D eigenvalue weighted by Gasteiger charge is 2.38. The van der Waals surface area contributed by atoms with Crippen molar-refractivity contribution in [3.05, 3.63) is 28.8 Å². The molecule has 0 aromatic heterocycles. The number of piperidine rings is 1. The average molecular weight is 263 g/mol. The van der Waals surface area contributed by atoms with Gasteiger partial charge in [0.15, 0.2) is 0 Å². The van der Waals surface area contributed by atoms with Crippen LogP contribution < -0.4 is 4.90 Å². The highest BCUT2D eigenvalue weighted by Crippen LogP contribution is 2.37. The number of halogens is 1. The molecule has 0 bridgehead atoms. The van der Waals surface area contributed by atoms with E-state index in [9.17, 15) is 5.26 Å². The molecule has 1 unspecified atom stereocenters. The fraction of sp³-hybridized carbons (Fsp3) is 0.533. The maximum Gasteiger partial charge on any atom is 0.0690 e. The molecule has 1 fully saturated rings. The highest BCUT2D eigenvalue weighted by molar-refractivity contribution is 6.31. The van der Waals surface area contributed by atoms with Gasteiger partial charge in [-0.3, -0.25) is 0 Å². The second-order valence-corrected chi connectivity index (χ2v) is 5.97. The molecule has 18 heavy (non-hydrogen) atoms. The van der Waals surface area contributed by atoms with Gasteiger partial charge in [-0.15, -0.1) is 0 Å². The Balaban J connectivity index is 2.37. The van der Waals surface area contributed by atoms with E-state index >= 15 is 0 Å². The number of benzene rings is 1. The standard InChI is InChI=1S/C15H19ClN2/c1-11-6-7-13(9-14(11)16)18-8-4-5-12(10-17)15(18,2)3/h6-7,9,12H,4-5,8H2,1-3H3. The lowest BCUT2D eigenvalue weighted by Gasteiger charge is -2.47. The molecule has 0 radical (unpaired) electrons. The fourth-order valence-electron chi connectivity index (χ4n) is 2.72. The lowest BCUT2D eigenvalue weighted by molar-refractivity contribution is 0.292. The van der Waals surface area contributed by atoms with Gasteiger partial charge >= 0.3 is 0 Å². The van der Waals surface area contributed by atoms with E-state index in [4.69, 9.17) is 11.6 Å². The third-order valence-corrected chi connectivity index (χ3v) is 4.45. The molecule has 0 saturated carbocycles. The molecule has 2 rings (SSSR count). The van der Waals surface area contributed by atoms with Crippen molar-refractivity contribution in [2.45, 2.75) is 39.2 Å². The lowest BCUT2D eigenvalue weighted by atomic mass is 9.79. The van der Waals surface area contributed by atoms with E-state index in [1.807, 2.05) is 19.1 Å². The molecule has 1 aliphatic heterocycles. The Labute approximate surface area is 114 Å². The molecule has 0 spiro atoms. The van der Waals surface area contributed by atoms with Crippen molar-refractivity contribution in [2.24, 2.45) is 5.92 Å². The zero-order chi connectivity index (χ0) is 13.3. The quantitative estimate of drug-likeness (QED) is 0.760. The molecular weight excluding hydrogens is 244 g/mol. The van der Waals surface area contributed by atoms with Crippen LogP contribution in [0.15, 0.2) is 18.2 Å². The van der Waals surface area contributed by atoms with Crippen LogP contribution >= 0.6 is 11.6 Å². The molecule has 2 nitrogen and oxygen atoms in total. The molecule has 0 amide bonds. The van der Waals surface area contributed by atoms with Crippen LogP contribution in [0.5, 0.6) is 0 Å². The smallest absolute Gasteiger partial charge is 0.0690 e. The number of rotatable bonds is 1. The number of nitrogens with zero attached hydrogens (tertiary/aromatic N) is 2. The third kappa shape index (κ3) is 2.20. The fourth-order valence-corrected chi connectivity index (χ4v) is 2.89. The van der Waals surface area contributed by atoms with Crippen LogP contribution in [-0.2, 0) is 0 Å². The monoisotopic (exact) mass is 262 g/mol. The van der Waals surface area contributed by atoms with Gasteiger partial charge in [0, 0.05) is 17.3 Å². The van der Waals surface area contributed by atoms with Gasteiger partial charge in [-0.25, -0.2) is 0 Å². The largest absolute Gasteiger partial charge is 0.365 e. The van der Waals surface area contributed by atoms with Crippen molar-refractivity contribution < 1.29 is 0 Å². The predicted octanol–water partition coefficient (Wildman–Crippen LogP) is 4.17. The number of anilines is 1. The molecule has 1 saturated heterocycles. The van der Waals surface area contributed by atoms with Crippen LogP contribution in [-0.4, -0.2) is 12.1 Å². The molecule has 96 valence electrons. The summed E-state index contributed by atoms with van der Waals surface area (Å²) in [4.78, 5) is 2.32. The first kappa shape index (κ1) is 13.2. The minimum atomic E-state index is -0.133. The summed E-state index contributed by atoms with van der Waals surface area (Å²) in [5, 5.41) is 10.1. The Morgan fingerprint density at radius 2 is 2.17 bits per heavy atom.